The number of carbonyl (C=O) groups excluding carboxylic acids is 1. The maximum Gasteiger partial charge on any atom is 0.235 e. The smallest absolute Gasteiger partial charge is 0.235 e. The van der Waals surface area contributed by atoms with Gasteiger partial charge in [-0.05, 0) is 36.5 Å². The molecule has 0 saturated carbocycles. The number of fused-ring (bicyclic) bond motifs is 1. The number of phenols is 1. The predicted molar refractivity (Wildman–Crippen MR) is 62.7 cm³/mol. The van der Waals surface area contributed by atoms with Gasteiger partial charge < -0.3 is 10.4 Å². The minimum atomic E-state index is -0.221. The molecule has 0 fully saturated rings. The van der Waals surface area contributed by atoms with Crippen molar-refractivity contribution >= 4 is 17.5 Å². The van der Waals surface area contributed by atoms with Gasteiger partial charge in [0.15, 0.2) is 0 Å². The Morgan fingerprint density at radius 2 is 2.06 bits per heavy atom. The Balaban J connectivity index is 2.12. The predicted octanol–water partition coefficient (Wildman–Crippen LogP) is 1.74. The number of alkyl halides is 1. The van der Waals surface area contributed by atoms with Crippen molar-refractivity contribution in [1.82, 2.24) is 5.32 Å². The maximum atomic E-state index is 11.0. The van der Waals surface area contributed by atoms with E-state index >= 15 is 0 Å². The van der Waals surface area contributed by atoms with E-state index in [2.05, 4.69) is 5.32 Å². The number of hydrogen-bond donors (Lipinski definition) is 2. The molecule has 86 valence electrons. The largest absolute Gasteiger partial charge is 0.508 e. The third-order valence-electron chi connectivity index (χ3n) is 2.89. The van der Waals surface area contributed by atoms with Crippen molar-refractivity contribution < 1.29 is 9.90 Å². The molecule has 1 aromatic carbocycles. The van der Waals surface area contributed by atoms with Crippen LogP contribution in [0.15, 0.2) is 12.1 Å². The molecule has 1 aromatic rings. The van der Waals surface area contributed by atoms with Crippen LogP contribution in [-0.2, 0) is 24.2 Å². The van der Waals surface area contributed by atoms with Crippen molar-refractivity contribution in [2.45, 2.75) is 25.8 Å². The summed E-state index contributed by atoms with van der Waals surface area (Å²) in [5.74, 6) is -0.0109. The van der Waals surface area contributed by atoms with Crippen molar-refractivity contribution in [3.63, 3.8) is 0 Å². The van der Waals surface area contributed by atoms with E-state index in [1.165, 1.54) is 11.1 Å². The van der Waals surface area contributed by atoms with Gasteiger partial charge >= 0.3 is 0 Å². The van der Waals surface area contributed by atoms with Gasteiger partial charge in [0, 0.05) is 12.1 Å². The van der Waals surface area contributed by atoms with Crippen LogP contribution < -0.4 is 5.32 Å². The zero-order valence-corrected chi connectivity index (χ0v) is 9.68. The van der Waals surface area contributed by atoms with E-state index in [0.29, 0.717) is 6.54 Å². The summed E-state index contributed by atoms with van der Waals surface area (Å²) in [6.07, 6.45) is 3.25. The van der Waals surface area contributed by atoms with Gasteiger partial charge in [0.25, 0.3) is 0 Å². The summed E-state index contributed by atoms with van der Waals surface area (Å²) < 4.78 is 0. The Kier molecular flexibility index (Phi) is 3.34. The molecule has 16 heavy (non-hydrogen) atoms. The normalized spacial score (nSPS) is 13.6. The number of halogens is 1. The summed E-state index contributed by atoms with van der Waals surface area (Å²) in [6.45, 7) is 0.338. The number of hydrogen-bond acceptors (Lipinski definition) is 2. The molecule has 1 aliphatic rings. The van der Waals surface area contributed by atoms with Crippen molar-refractivity contribution in [2.24, 2.45) is 0 Å². The van der Waals surface area contributed by atoms with E-state index in [-0.39, 0.29) is 17.5 Å². The van der Waals surface area contributed by atoms with Crippen LogP contribution in [-0.4, -0.2) is 16.9 Å². The number of amides is 1. The molecule has 4 heteroatoms. The van der Waals surface area contributed by atoms with Crippen LogP contribution in [0.3, 0.4) is 0 Å². The lowest BCUT2D eigenvalue weighted by Gasteiger charge is -2.08. The zero-order valence-electron chi connectivity index (χ0n) is 8.92. The summed E-state index contributed by atoms with van der Waals surface area (Å²) in [7, 11) is 0. The van der Waals surface area contributed by atoms with E-state index in [1.807, 2.05) is 12.1 Å². The Morgan fingerprint density at radius 3 is 2.75 bits per heavy atom. The van der Waals surface area contributed by atoms with E-state index in [9.17, 15) is 9.90 Å². The van der Waals surface area contributed by atoms with Gasteiger partial charge in [0.2, 0.25) is 5.91 Å². The van der Waals surface area contributed by atoms with Gasteiger partial charge in [-0.25, -0.2) is 0 Å². The summed E-state index contributed by atoms with van der Waals surface area (Å²) in [6, 6.07) is 3.79. The van der Waals surface area contributed by atoms with Gasteiger partial charge in [-0.15, -0.1) is 11.6 Å². The molecule has 3 nitrogen and oxygen atoms in total. The molecule has 0 spiro atoms. The van der Waals surface area contributed by atoms with Gasteiger partial charge in [0.05, 0.1) is 0 Å². The lowest BCUT2D eigenvalue weighted by molar-refractivity contribution is -0.118. The van der Waals surface area contributed by atoms with Gasteiger partial charge in [0.1, 0.15) is 11.6 Å². The van der Waals surface area contributed by atoms with Gasteiger partial charge in [-0.3, -0.25) is 4.79 Å². The van der Waals surface area contributed by atoms with E-state index in [1.54, 1.807) is 0 Å². The molecular weight excluding hydrogens is 226 g/mol. The first-order valence-corrected chi connectivity index (χ1v) is 5.90. The minimum Gasteiger partial charge on any atom is -0.508 e. The lowest BCUT2D eigenvalue weighted by Crippen LogP contribution is -2.23. The highest BCUT2D eigenvalue weighted by molar-refractivity contribution is 6.27. The van der Waals surface area contributed by atoms with Crippen LogP contribution in [0.5, 0.6) is 5.75 Å². The fourth-order valence-electron chi connectivity index (χ4n) is 2.04. The van der Waals surface area contributed by atoms with Crippen molar-refractivity contribution in [3.05, 3.63) is 28.8 Å². The molecule has 0 bridgehead atoms. The molecule has 2 N–H and O–H groups in total. The number of aryl methyl sites for hydroxylation is 2. The summed E-state index contributed by atoms with van der Waals surface area (Å²) >= 11 is 5.38. The second-order valence-corrected chi connectivity index (χ2v) is 4.28. The van der Waals surface area contributed by atoms with Gasteiger partial charge in [-0.2, -0.15) is 0 Å². The van der Waals surface area contributed by atoms with Crippen molar-refractivity contribution in [1.29, 1.82) is 0 Å². The zero-order chi connectivity index (χ0) is 11.5. The second-order valence-electron chi connectivity index (χ2n) is 4.01. The van der Waals surface area contributed by atoms with Crippen molar-refractivity contribution in [2.75, 3.05) is 5.88 Å². The maximum absolute atomic E-state index is 11.0. The quantitative estimate of drug-likeness (QED) is 0.790. The minimum absolute atomic E-state index is 0.0499. The Bertz CT molecular complexity index is 418. The number of nitrogens with one attached hydrogen (secondary N) is 1. The first-order valence-electron chi connectivity index (χ1n) is 5.37. The summed E-state index contributed by atoms with van der Waals surface area (Å²) in [4.78, 5) is 11.0. The Labute approximate surface area is 99.4 Å². The Hall–Kier alpha value is -1.22. The fraction of sp³-hybridized carbons (Fsp3) is 0.417. The van der Waals surface area contributed by atoms with Crippen molar-refractivity contribution in [3.8, 4) is 5.75 Å². The molecule has 0 aliphatic heterocycles. The molecule has 0 atom stereocenters. The third-order valence-corrected chi connectivity index (χ3v) is 3.13. The van der Waals surface area contributed by atoms with E-state index in [4.69, 9.17) is 11.6 Å². The number of carbonyl (C=O) groups is 1. The molecule has 1 amide bonds. The van der Waals surface area contributed by atoms with E-state index in [0.717, 1.165) is 24.8 Å². The molecule has 0 unspecified atom stereocenters. The van der Waals surface area contributed by atoms with Gasteiger partial charge in [-0.1, -0.05) is 6.07 Å². The van der Waals surface area contributed by atoms with Crippen LogP contribution in [0, 0.1) is 0 Å². The second kappa shape index (κ2) is 4.74. The first-order chi connectivity index (χ1) is 7.70. The molecule has 0 aromatic heterocycles. The third kappa shape index (κ3) is 2.30. The molecule has 0 saturated heterocycles. The van der Waals surface area contributed by atoms with Crippen LogP contribution in [0.2, 0.25) is 0 Å². The molecule has 0 heterocycles. The number of aromatic hydroxyl groups is 1. The number of phenolic OH excluding ortho intramolecular Hbond substituents is 1. The van der Waals surface area contributed by atoms with Crippen LogP contribution in [0.25, 0.3) is 0 Å². The number of rotatable bonds is 3. The average molecular weight is 240 g/mol. The monoisotopic (exact) mass is 239 g/mol. The average Bonchev–Trinajstić information content (AvgIpc) is 2.72. The first kappa shape index (κ1) is 11.3. The fourth-order valence-corrected chi connectivity index (χ4v) is 2.14. The van der Waals surface area contributed by atoms with Crippen LogP contribution in [0.4, 0.5) is 0 Å². The van der Waals surface area contributed by atoms with E-state index < -0.39 is 0 Å². The highest BCUT2D eigenvalue weighted by Gasteiger charge is 2.14. The summed E-state index contributed by atoms with van der Waals surface area (Å²) in [5.41, 5.74) is 3.27. The molecule has 1 aliphatic carbocycles. The standard InChI is InChI=1S/C12H14ClNO2/c13-6-12(16)14-7-10-4-8-2-1-3-9(8)5-11(10)15/h4-5,15H,1-3,6-7H2,(H,14,16). The highest BCUT2D eigenvalue weighted by Crippen LogP contribution is 2.28. The molecular formula is C12H14ClNO2. The SMILES string of the molecule is O=C(CCl)NCc1cc2c(cc1O)CCC2. The topological polar surface area (TPSA) is 49.3 Å². The van der Waals surface area contributed by atoms with Crippen LogP contribution in [0.1, 0.15) is 23.1 Å². The van der Waals surface area contributed by atoms with Crippen LogP contribution >= 0.6 is 11.6 Å². The Morgan fingerprint density at radius 1 is 1.38 bits per heavy atom. The molecule has 0 radical (unpaired) electrons. The highest BCUT2D eigenvalue weighted by atomic mass is 35.5. The summed E-state index contributed by atoms with van der Waals surface area (Å²) in [5, 5.41) is 12.4. The lowest BCUT2D eigenvalue weighted by atomic mass is 10.1. The number of benzene rings is 1. The molecule has 2 rings (SSSR count).